The van der Waals surface area contributed by atoms with E-state index < -0.39 is 11.9 Å². The lowest BCUT2D eigenvalue weighted by molar-refractivity contribution is 0.0690. The molecule has 0 aliphatic heterocycles. The van der Waals surface area contributed by atoms with Crippen LogP contribution in [0.5, 0.6) is 5.75 Å². The second-order valence-corrected chi connectivity index (χ2v) is 10.9. The number of anilines is 1. The summed E-state index contributed by atoms with van der Waals surface area (Å²) in [6.45, 7) is 14.8. The number of aromatic nitrogens is 4. The molecule has 2 heterocycles. The first-order valence-corrected chi connectivity index (χ1v) is 11.9. The Hall–Kier alpha value is -4.30. The van der Waals surface area contributed by atoms with E-state index in [1.807, 2.05) is 26.8 Å². The fourth-order valence-corrected chi connectivity index (χ4v) is 2.96. The Morgan fingerprint density at radius 3 is 2.29 bits per heavy atom. The summed E-state index contributed by atoms with van der Waals surface area (Å²) < 4.78 is 6.63. The molecular formula is C27H35N7O4. The van der Waals surface area contributed by atoms with Crippen molar-refractivity contribution in [1.29, 1.82) is 5.26 Å². The summed E-state index contributed by atoms with van der Waals surface area (Å²) in [5.41, 5.74) is 7.65. The zero-order chi connectivity index (χ0) is 28.8. The van der Waals surface area contributed by atoms with Gasteiger partial charge in [0.25, 0.3) is 5.91 Å². The number of benzene rings is 1. The number of nitrogens with zero attached hydrogens (tertiary/aromatic N) is 5. The number of methoxy groups -OCH3 is 1. The van der Waals surface area contributed by atoms with Gasteiger partial charge >= 0.3 is 5.97 Å². The number of aryl methyl sites for hydroxylation is 1. The lowest BCUT2D eigenvalue weighted by Gasteiger charge is -2.21. The normalized spacial score (nSPS) is 11.2. The van der Waals surface area contributed by atoms with Gasteiger partial charge in [0.2, 0.25) is 0 Å². The molecule has 0 saturated carbocycles. The van der Waals surface area contributed by atoms with Crippen LogP contribution in [-0.4, -0.2) is 50.6 Å². The van der Waals surface area contributed by atoms with Crippen LogP contribution in [0.3, 0.4) is 0 Å². The van der Waals surface area contributed by atoms with Gasteiger partial charge in [-0.3, -0.25) is 4.79 Å². The van der Waals surface area contributed by atoms with Gasteiger partial charge in [-0.05, 0) is 42.6 Å². The highest BCUT2D eigenvalue weighted by Gasteiger charge is 2.23. The Labute approximate surface area is 222 Å². The van der Waals surface area contributed by atoms with Gasteiger partial charge in [-0.2, -0.15) is 5.26 Å². The molecule has 0 aliphatic carbocycles. The summed E-state index contributed by atoms with van der Waals surface area (Å²) in [4.78, 5) is 28.5. The van der Waals surface area contributed by atoms with E-state index in [-0.39, 0.29) is 22.6 Å². The molecule has 0 radical (unpaired) electrons. The SMILES string of the molecule is CC(C)(C)CN.COc1c(NC(=O)c2ccc(C)c(-n3cc(C(=O)O)nn3)c2)cc(C(C)(C)C)nc1C#N. The highest BCUT2D eigenvalue weighted by atomic mass is 16.5. The maximum Gasteiger partial charge on any atom is 0.358 e. The van der Waals surface area contributed by atoms with E-state index in [0.717, 1.165) is 12.1 Å². The molecular weight excluding hydrogens is 486 g/mol. The molecule has 0 atom stereocenters. The average Bonchev–Trinajstić information content (AvgIpc) is 3.33. The molecule has 38 heavy (non-hydrogen) atoms. The average molecular weight is 522 g/mol. The fourth-order valence-electron chi connectivity index (χ4n) is 2.96. The number of nitriles is 1. The largest absolute Gasteiger partial charge is 0.492 e. The third kappa shape index (κ3) is 7.60. The standard InChI is InChI=1S/C22H22N6O4.C5H13N/c1-12-6-7-13(8-17(12)28-11-16(21(30)31)26-27-28)20(29)25-14-9-18(22(2,3)4)24-15(10-23)19(14)32-5;1-5(2,3)4-6/h6-9,11H,1-5H3,(H,30,31)(H,24,25,29);4,6H2,1-3H3. The van der Waals surface area contributed by atoms with Crippen molar-refractivity contribution in [2.24, 2.45) is 11.1 Å². The van der Waals surface area contributed by atoms with Gasteiger partial charge in [-0.15, -0.1) is 5.10 Å². The first-order chi connectivity index (χ1) is 17.6. The summed E-state index contributed by atoms with van der Waals surface area (Å²) in [6, 6.07) is 8.62. The van der Waals surface area contributed by atoms with E-state index in [4.69, 9.17) is 15.6 Å². The predicted molar refractivity (Wildman–Crippen MR) is 144 cm³/mol. The molecule has 11 heteroatoms. The van der Waals surface area contributed by atoms with Gasteiger partial charge < -0.3 is 20.9 Å². The molecule has 0 saturated heterocycles. The first-order valence-electron chi connectivity index (χ1n) is 11.9. The number of hydrogen-bond donors (Lipinski definition) is 3. The second-order valence-electron chi connectivity index (χ2n) is 10.9. The van der Waals surface area contributed by atoms with Crippen LogP contribution in [0.25, 0.3) is 5.69 Å². The number of nitrogens with one attached hydrogen (secondary N) is 1. The van der Waals surface area contributed by atoms with Crippen molar-refractivity contribution in [1.82, 2.24) is 20.0 Å². The van der Waals surface area contributed by atoms with Crippen molar-refractivity contribution in [3.63, 3.8) is 0 Å². The molecule has 11 nitrogen and oxygen atoms in total. The molecule has 3 aromatic rings. The number of carbonyl (C=O) groups excluding carboxylic acids is 1. The lowest BCUT2D eigenvalue weighted by atomic mass is 9.91. The number of hydrogen-bond acceptors (Lipinski definition) is 8. The fraction of sp³-hybridized carbons (Fsp3) is 0.407. The minimum atomic E-state index is -1.20. The van der Waals surface area contributed by atoms with Gasteiger partial charge in [0, 0.05) is 16.7 Å². The predicted octanol–water partition coefficient (Wildman–Crippen LogP) is 4.09. The second kappa shape index (κ2) is 11.8. The summed E-state index contributed by atoms with van der Waals surface area (Å²) in [7, 11) is 1.40. The zero-order valence-corrected chi connectivity index (χ0v) is 23.1. The molecule has 2 aromatic heterocycles. The van der Waals surface area contributed by atoms with Gasteiger partial charge in [-0.1, -0.05) is 52.8 Å². The molecule has 0 fully saturated rings. The molecule has 0 bridgehead atoms. The Balaban J connectivity index is 0.000000757. The molecule has 0 spiro atoms. The molecule has 0 unspecified atom stereocenters. The van der Waals surface area contributed by atoms with Crippen LogP contribution < -0.4 is 15.8 Å². The van der Waals surface area contributed by atoms with Crippen LogP contribution in [0.1, 0.15) is 79.3 Å². The third-order valence-electron chi connectivity index (χ3n) is 5.34. The Morgan fingerprint density at radius 1 is 1.18 bits per heavy atom. The number of amides is 1. The molecule has 202 valence electrons. The van der Waals surface area contributed by atoms with Crippen LogP contribution >= 0.6 is 0 Å². The molecule has 1 amide bonds. The van der Waals surface area contributed by atoms with Crippen LogP contribution in [0.15, 0.2) is 30.5 Å². The van der Waals surface area contributed by atoms with Gasteiger partial charge in [0.05, 0.1) is 24.7 Å². The van der Waals surface area contributed by atoms with Gasteiger partial charge in [0.1, 0.15) is 6.07 Å². The number of pyridine rings is 1. The highest BCUT2D eigenvalue weighted by molar-refractivity contribution is 6.05. The zero-order valence-electron chi connectivity index (χ0n) is 23.1. The van der Waals surface area contributed by atoms with E-state index in [1.165, 1.54) is 18.0 Å². The monoisotopic (exact) mass is 521 g/mol. The first kappa shape index (κ1) is 29.9. The van der Waals surface area contributed by atoms with Crippen LogP contribution in [0, 0.1) is 23.7 Å². The van der Waals surface area contributed by atoms with Gasteiger partial charge in [0.15, 0.2) is 17.1 Å². The van der Waals surface area contributed by atoms with Gasteiger partial charge in [-0.25, -0.2) is 14.5 Å². The Kier molecular flexibility index (Phi) is 9.32. The van der Waals surface area contributed by atoms with E-state index in [2.05, 4.69) is 41.4 Å². The van der Waals surface area contributed by atoms with E-state index in [9.17, 15) is 14.9 Å². The minimum Gasteiger partial charge on any atom is -0.492 e. The smallest absolute Gasteiger partial charge is 0.358 e. The molecule has 3 rings (SSSR count). The van der Waals surface area contributed by atoms with E-state index in [0.29, 0.717) is 28.0 Å². The maximum absolute atomic E-state index is 13.0. The van der Waals surface area contributed by atoms with Crippen molar-refractivity contribution in [2.45, 2.75) is 53.9 Å². The molecule has 1 aromatic carbocycles. The van der Waals surface area contributed by atoms with Crippen molar-refractivity contribution < 1.29 is 19.4 Å². The third-order valence-corrected chi connectivity index (χ3v) is 5.34. The van der Waals surface area contributed by atoms with Crippen molar-refractivity contribution in [2.75, 3.05) is 19.0 Å². The van der Waals surface area contributed by atoms with Crippen LogP contribution in [-0.2, 0) is 5.41 Å². The molecule has 4 N–H and O–H groups in total. The van der Waals surface area contributed by atoms with Crippen molar-refractivity contribution in [3.05, 3.63) is 58.7 Å². The number of rotatable bonds is 5. The molecule has 0 aliphatic rings. The summed E-state index contributed by atoms with van der Waals surface area (Å²) in [5, 5.41) is 28.8. The quantitative estimate of drug-likeness (QED) is 0.447. The summed E-state index contributed by atoms with van der Waals surface area (Å²) in [6.07, 6.45) is 1.27. The number of nitrogens with two attached hydrogens (primary N) is 1. The number of carboxylic acids is 1. The number of carbonyl (C=O) groups is 2. The van der Waals surface area contributed by atoms with Crippen LogP contribution in [0.2, 0.25) is 0 Å². The number of carboxylic acid groups (broad SMARTS) is 1. The van der Waals surface area contributed by atoms with Crippen LogP contribution in [0.4, 0.5) is 5.69 Å². The minimum absolute atomic E-state index is 0.0728. The van der Waals surface area contributed by atoms with E-state index in [1.54, 1.807) is 31.2 Å². The maximum atomic E-state index is 13.0. The highest BCUT2D eigenvalue weighted by Crippen LogP contribution is 2.33. The topological polar surface area (TPSA) is 169 Å². The van der Waals surface area contributed by atoms with Crippen molar-refractivity contribution >= 4 is 17.6 Å². The number of aromatic carboxylic acids is 1. The Morgan fingerprint density at radius 2 is 1.82 bits per heavy atom. The van der Waals surface area contributed by atoms with E-state index >= 15 is 0 Å². The van der Waals surface area contributed by atoms with Crippen molar-refractivity contribution in [3.8, 4) is 17.5 Å². The lowest BCUT2D eigenvalue weighted by Crippen LogP contribution is -2.18. The summed E-state index contributed by atoms with van der Waals surface area (Å²) in [5.74, 6) is -1.47. The number of ether oxygens (including phenoxy) is 1. The summed E-state index contributed by atoms with van der Waals surface area (Å²) >= 11 is 0. The Bertz CT molecular complexity index is 1360.